The molecule has 0 spiro atoms. The van der Waals surface area contributed by atoms with Crippen LogP contribution in [-0.4, -0.2) is 20.1 Å². The largest absolute Gasteiger partial charge is 0.361 e. The third kappa shape index (κ3) is 2.89. The van der Waals surface area contributed by atoms with Crippen molar-refractivity contribution in [2.75, 3.05) is 5.32 Å². The second-order valence-corrected chi connectivity index (χ2v) is 5.13. The van der Waals surface area contributed by atoms with Gasteiger partial charge in [0.25, 0.3) is 0 Å². The number of hydrogen-bond acceptors (Lipinski definition) is 6. The topological polar surface area (TPSA) is 76.7 Å². The van der Waals surface area contributed by atoms with E-state index in [1.807, 2.05) is 6.07 Å². The summed E-state index contributed by atoms with van der Waals surface area (Å²) in [5, 5.41) is 7.16. The van der Waals surface area contributed by atoms with Crippen molar-refractivity contribution in [2.24, 2.45) is 0 Å². The molecule has 0 atom stereocenters. The molecular formula is C13H17N5O. The second-order valence-electron chi connectivity index (χ2n) is 5.13. The zero-order valence-corrected chi connectivity index (χ0v) is 11.1. The van der Waals surface area contributed by atoms with Crippen LogP contribution in [0.4, 0.5) is 5.82 Å². The lowest BCUT2D eigenvalue weighted by atomic mass is 10.2. The molecule has 6 heteroatoms. The molecule has 3 rings (SSSR count). The van der Waals surface area contributed by atoms with E-state index in [0.717, 1.165) is 17.5 Å². The van der Waals surface area contributed by atoms with E-state index >= 15 is 0 Å². The van der Waals surface area contributed by atoms with Crippen molar-refractivity contribution in [2.45, 2.75) is 45.1 Å². The van der Waals surface area contributed by atoms with Gasteiger partial charge in [-0.05, 0) is 18.9 Å². The Morgan fingerprint density at radius 3 is 2.95 bits per heavy atom. The van der Waals surface area contributed by atoms with E-state index in [9.17, 15) is 0 Å². The van der Waals surface area contributed by atoms with Crippen LogP contribution in [0.3, 0.4) is 0 Å². The van der Waals surface area contributed by atoms with Crippen molar-refractivity contribution in [3.63, 3.8) is 0 Å². The van der Waals surface area contributed by atoms with Crippen molar-refractivity contribution < 1.29 is 4.52 Å². The van der Waals surface area contributed by atoms with E-state index in [0.29, 0.717) is 24.3 Å². The molecule has 1 saturated carbocycles. The van der Waals surface area contributed by atoms with Gasteiger partial charge in [0.15, 0.2) is 5.82 Å². The Balaban J connectivity index is 1.62. The van der Waals surface area contributed by atoms with Crippen molar-refractivity contribution in [1.82, 2.24) is 20.1 Å². The minimum atomic E-state index is 0.312. The number of anilines is 1. The number of aromatic nitrogens is 4. The summed E-state index contributed by atoms with van der Waals surface area (Å²) in [6.45, 7) is 4.63. The number of hydrogen-bond donors (Lipinski definition) is 1. The maximum Gasteiger partial charge on any atom is 0.245 e. The third-order valence-electron chi connectivity index (χ3n) is 3.04. The molecule has 1 fully saturated rings. The van der Waals surface area contributed by atoms with Crippen LogP contribution in [0.1, 0.15) is 56.1 Å². The standard InChI is InChI=1S/C13H17N5O/c1-8(2)12-14-6-5-10(16-12)15-7-11-17-13(18-19-11)9-3-4-9/h5-6,8-9H,3-4,7H2,1-2H3,(H,14,15,16). The van der Waals surface area contributed by atoms with Crippen molar-refractivity contribution in [3.8, 4) is 0 Å². The monoisotopic (exact) mass is 259 g/mol. The fraction of sp³-hybridized carbons (Fsp3) is 0.538. The molecule has 0 amide bonds. The van der Waals surface area contributed by atoms with E-state index in [4.69, 9.17) is 4.52 Å². The Hall–Kier alpha value is -1.98. The van der Waals surface area contributed by atoms with Crippen molar-refractivity contribution in [1.29, 1.82) is 0 Å². The van der Waals surface area contributed by atoms with Crippen LogP contribution in [-0.2, 0) is 6.54 Å². The number of nitrogens with one attached hydrogen (secondary N) is 1. The van der Waals surface area contributed by atoms with Crippen LogP contribution in [0.2, 0.25) is 0 Å². The van der Waals surface area contributed by atoms with E-state index < -0.39 is 0 Å². The zero-order valence-electron chi connectivity index (χ0n) is 11.1. The van der Waals surface area contributed by atoms with Crippen LogP contribution in [0.5, 0.6) is 0 Å². The molecule has 19 heavy (non-hydrogen) atoms. The van der Waals surface area contributed by atoms with Gasteiger partial charge in [-0.1, -0.05) is 19.0 Å². The highest BCUT2D eigenvalue weighted by atomic mass is 16.5. The Kier molecular flexibility index (Phi) is 3.15. The van der Waals surface area contributed by atoms with Gasteiger partial charge in [0, 0.05) is 18.0 Å². The first-order valence-corrected chi connectivity index (χ1v) is 6.61. The number of rotatable bonds is 5. The van der Waals surface area contributed by atoms with Crippen LogP contribution in [0.25, 0.3) is 0 Å². The van der Waals surface area contributed by atoms with Gasteiger partial charge in [0.05, 0.1) is 6.54 Å². The summed E-state index contributed by atoms with van der Waals surface area (Å²) >= 11 is 0. The molecular weight excluding hydrogens is 242 g/mol. The van der Waals surface area contributed by atoms with Gasteiger partial charge < -0.3 is 9.84 Å². The Labute approximate surface area is 111 Å². The Bertz CT molecular complexity index is 562. The summed E-state index contributed by atoms with van der Waals surface area (Å²) in [6.07, 6.45) is 4.11. The fourth-order valence-electron chi connectivity index (χ4n) is 1.76. The summed E-state index contributed by atoms with van der Waals surface area (Å²) in [4.78, 5) is 13.0. The van der Waals surface area contributed by atoms with E-state index in [2.05, 4.69) is 39.3 Å². The SMILES string of the molecule is CC(C)c1nccc(NCc2nc(C3CC3)no2)n1. The average molecular weight is 259 g/mol. The molecule has 2 heterocycles. The molecule has 0 aliphatic heterocycles. The van der Waals surface area contributed by atoms with Crippen LogP contribution in [0, 0.1) is 0 Å². The quantitative estimate of drug-likeness (QED) is 0.888. The van der Waals surface area contributed by atoms with E-state index in [1.165, 1.54) is 12.8 Å². The molecule has 0 bridgehead atoms. The first-order valence-electron chi connectivity index (χ1n) is 6.61. The summed E-state index contributed by atoms with van der Waals surface area (Å²) in [7, 11) is 0. The minimum absolute atomic E-state index is 0.312. The van der Waals surface area contributed by atoms with Crippen LogP contribution in [0.15, 0.2) is 16.8 Å². The minimum Gasteiger partial charge on any atom is -0.361 e. The molecule has 2 aromatic heterocycles. The van der Waals surface area contributed by atoms with Crippen LogP contribution >= 0.6 is 0 Å². The van der Waals surface area contributed by atoms with Gasteiger partial charge in [0.2, 0.25) is 5.89 Å². The lowest BCUT2D eigenvalue weighted by molar-refractivity contribution is 0.378. The fourth-order valence-corrected chi connectivity index (χ4v) is 1.76. The molecule has 0 aromatic carbocycles. The van der Waals surface area contributed by atoms with Gasteiger partial charge in [-0.15, -0.1) is 0 Å². The zero-order chi connectivity index (χ0) is 13.2. The van der Waals surface area contributed by atoms with Crippen molar-refractivity contribution in [3.05, 3.63) is 29.8 Å². The van der Waals surface area contributed by atoms with Gasteiger partial charge in [-0.25, -0.2) is 9.97 Å². The second kappa shape index (κ2) is 4.95. The molecule has 1 aliphatic carbocycles. The van der Waals surface area contributed by atoms with Crippen molar-refractivity contribution >= 4 is 5.82 Å². The summed E-state index contributed by atoms with van der Waals surface area (Å²) in [5.74, 6) is 3.88. The first-order chi connectivity index (χ1) is 9.22. The lowest BCUT2D eigenvalue weighted by Crippen LogP contribution is -2.05. The molecule has 0 unspecified atom stereocenters. The molecule has 100 valence electrons. The normalized spacial score (nSPS) is 14.9. The summed E-state index contributed by atoms with van der Waals surface area (Å²) in [5.41, 5.74) is 0. The number of nitrogens with zero attached hydrogens (tertiary/aromatic N) is 4. The summed E-state index contributed by atoms with van der Waals surface area (Å²) in [6, 6.07) is 1.84. The Morgan fingerprint density at radius 1 is 1.37 bits per heavy atom. The van der Waals surface area contributed by atoms with Gasteiger partial charge in [-0.3, -0.25) is 0 Å². The molecule has 6 nitrogen and oxygen atoms in total. The maximum absolute atomic E-state index is 5.20. The van der Waals surface area contributed by atoms with E-state index in [1.54, 1.807) is 6.20 Å². The van der Waals surface area contributed by atoms with Gasteiger partial charge >= 0.3 is 0 Å². The predicted molar refractivity (Wildman–Crippen MR) is 69.7 cm³/mol. The summed E-state index contributed by atoms with van der Waals surface area (Å²) < 4.78 is 5.20. The van der Waals surface area contributed by atoms with E-state index in [-0.39, 0.29) is 0 Å². The van der Waals surface area contributed by atoms with Gasteiger partial charge in [0.1, 0.15) is 11.6 Å². The molecule has 1 N–H and O–H groups in total. The average Bonchev–Trinajstić information content (AvgIpc) is 3.16. The highest BCUT2D eigenvalue weighted by molar-refractivity contribution is 5.33. The molecule has 0 radical (unpaired) electrons. The van der Waals surface area contributed by atoms with Gasteiger partial charge in [-0.2, -0.15) is 4.98 Å². The molecule has 2 aromatic rings. The smallest absolute Gasteiger partial charge is 0.245 e. The first kappa shape index (κ1) is 12.1. The predicted octanol–water partition coefficient (Wildman–Crippen LogP) is 2.47. The molecule has 0 saturated heterocycles. The Morgan fingerprint density at radius 2 is 2.21 bits per heavy atom. The highest BCUT2D eigenvalue weighted by Gasteiger charge is 2.28. The van der Waals surface area contributed by atoms with Crippen LogP contribution < -0.4 is 5.32 Å². The molecule has 1 aliphatic rings. The third-order valence-corrected chi connectivity index (χ3v) is 3.04. The lowest BCUT2D eigenvalue weighted by Gasteiger charge is -2.06. The highest BCUT2D eigenvalue weighted by Crippen LogP contribution is 2.38. The maximum atomic E-state index is 5.20.